The molecular weight excluding hydrogens is 323 g/mol. The van der Waals surface area contributed by atoms with Crippen molar-refractivity contribution in [3.05, 3.63) is 61.1 Å². The molecule has 0 aliphatic heterocycles. The molecule has 2 heterocycles. The minimum absolute atomic E-state index is 0. The Morgan fingerprint density at radius 3 is 2.41 bits per heavy atom. The van der Waals surface area contributed by atoms with E-state index in [4.69, 9.17) is 0 Å². The molecule has 3 rings (SSSR count). The van der Waals surface area contributed by atoms with Crippen LogP contribution in [0.1, 0.15) is 0 Å². The molecular formula is C14H13IN2. The fourth-order valence-corrected chi connectivity index (χ4v) is 2.13. The van der Waals surface area contributed by atoms with E-state index >= 15 is 0 Å². The van der Waals surface area contributed by atoms with E-state index in [2.05, 4.69) is 64.9 Å². The molecule has 0 aliphatic rings. The van der Waals surface area contributed by atoms with Gasteiger partial charge in [0, 0.05) is 5.56 Å². The zero-order valence-corrected chi connectivity index (χ0v) is 11.7. The quantitative estimate of drug-likeness (QED) is 0.416. The Morgan fingerprint density at radius 2 is 1.65 bits per heavy atom. The van der Waals surface area contributed by atoms with Gasteiger partial charge in [-0.2, -0.15) is 0 Å². The van der Waals surface area contributed by atoms with Gasteiger partial charge in [0.2, 0.25) is 6.33 Å². The van der Waals surface area contributed by atoms with Gasteiger partial charge in [-0.25, -0.2) is 8.97 Å². The summed E-state index contributed by atoms with van der Waals surface area (Å²) >= 11 is 0. The lowest BCUT2D eigenvalue weighted by Crippen LogP contribution is -3.00. The number of rotatable bonds is 1. The summed E-state index contributed by atoms with van der Waals surface area (Å²) in [4.78, 5) is 0. The van der Waals surface area contributed by atoms with Gasteiger partial charge in [-0.15, -0.1) is 0 Å². The molecule has 0 aliphatic carbocycles. The second kappa shape index (κ2) is 4.87. The average Bonchev–Trinajstić information content (AvgIpc) is 2.66. The van der Waals surface area contributed by atoms with Crippen LogP contribution in [0.3, 0.4) is 0 Å². The van der Waals surface area contributed by atoms with Gasteiger partial charge in [0.25, 0.3) is 0 Å². The van der Waals surface area contributed by atoms with Crippen LogP contribution in [-0.4, -0.2) is 4.57 Å². The highest BCUT2D eigenvalue weighted by atomic mass is 127. The fraction of sp³-hybridized carbons (Fsp3) is 0.0714. The van der Waals surface area contributed by atoms with Gasteiger partial charge < -0.3 is 24.0 Å². The summed E-state index contributed by atoms with van der Waals surface area (Å²) in [5.41, 5.74) is 3.73. The number of benzene rings is 1. The first-order valence-electron chi connectivity index (χ1n) is 5.37. The zero-order chi connectivity index (χ0) is 11.0. The minimum atomic E-state index is 0. The van der Waals surface area contributed by atoms with Gasteiger partial charge in [-0.05, 0) is 12.1 Å². The van der Waals surface area contributed by atoms with Crippen LogP contribution < -0.4 is 28.4 Å². The molecule has 0 amide bonds. The summed E-state index contributed by atoms with van der Waals surface area (Å²) in [5, 5.41) is 0. The molecule has 3 aromatic rings. The maximum atomic E-state index is 2.16. The van der Waals surface area contributed by atoms with Crippen LogP contribution in [0.2, 0.25) is 0 Å². The van der Waals surface area contributed by atoms with Crippen molar-refractivity contribution in [3.63, 3.8) is 0 Å². The summed E-state index contributed by atoms with van der Waals surface area (Å²) in [6.45, 7) is 0. The molecule has 3 heteroatoms. The smallest absolute Gasteiger partial charge is 0.249 e. The van der Waals surface area contributed by atoms with E-state index in [1.54, 1.807) is 0 Å². The summed E-state index contributed by atoms with van der Waals surface area (Å²) in [6, 6.07) is 16.7. The number of aryl methyl sites for hydroxylation is 1. The highest BCUT2D eigenvalue weighted by Gasteiger charge is 2.15. The second-order valence-electron chi connectivity index (χ2n) is 3.93. The molecule has 1 aromatic carbocycles. The lowest BCUT2D eigenvalue weighted by Gasteiger charge is -1.96. The van der Waals surface area contributed by atoms with Crippen molar-refractivity contribution in [2.75, 3.05) is 0 Å². The summed E-state index contributed by atoms with van der Waals surface area (Å²) in [5.74, 6) is 0. The fourth-order valence-electron chi connectivity index (χ4n) is 2.13. The number of fused-ring (bicyclic) bond motifs is 1. The van der Waals surface area contributed by atoms with E-state index in [1.807, 2.05) is 12.1 Å². The van der Waals surface area contributed by atoms with E-state index in [1.165, 1.54) is 16.8 Å². The van der Waals surface area contributed by atoms with Crippen LogP contribution >= 0.6 is 0 Å². The largest absolute Gasteiger partial charge is 1.00 e. The first-order valence-corrected chi connectivity index (χ1v) is 5.37. The Labute approximate surface area is 118 Å². The highest BCUT2D eigenvalue weighted by Crippen LogP contribution is 2.21. The maximum absolute atomic E-state index is 2.16. The monoisotopic (exact) mass is 336 g/mol. The molecule has 0 N–H and O–H groups in total. The number of imidazole rings is 1. The van der Waals surface area contributed by atoms with Crippen LogP contribution in [0.4, 0.5) is 0 Å². The number of hydrogen-bond donors (Lipinski definition) is 0. The Hall–Kier alpha value is -1.36. The van der Waals surface area contributed by atoms with E-state index in [0.717, 1.165) is 0 Å². The van der Waals surface area contributed by atoms with Crippen molar-refractivity contribution >= 4 is 5.52 Å². The molecule has 2 nitrogen and oxygen atoms in total. The summed E-state index contributed by atoms with van der Waals surface area (Å²) in [6.07, 6.45) is 4.17. The van der Waals surface area contributed by atoms with Gasteiger partial charge >= 0.3 is 0 Å². The molecule has 17 heavy (non-hydrogen) atoms. The number of hydrogen-bond acceptors (Lipinski definition) is 0. The lowest BCUT2D eigenvalue weighted by atomic mass is 10.1. The molecule has 0 spiro atoms. The van der Waals surface area contributed by atoms with Crippen LogP contribution in [-0.2, 0) is 7.05 Å². The van der Waals surface area contributed by atoms with Crippen LogP contribution in [0.15, 0.2) is 61.1 Å². The van der Waals surface area contributed by atoms with Gasteiger partial charge in [0.15, 0.2) is 11.2 Å². The van der Waals surface area contributed by atoms with Crippen molar-refractivity contribution in [2.45, 2.75) is 0 Å². The third kappa shape index (κ3) is 2.07. The van der Waals surface area contributed by atoms with E-state index in [-0.39, 0.29) is 24.0 Å². The van der Waals surface area contributed by atoms with Crippen molar-refractivity contribution < 1.29 is 28.4 Å². The first kappa shape index (κ1) is 12.1. The number of halogens is 1. The van der Waals surface area contributed by atoms with Crippen molar-refractivity contribution in [3.8, 4) is 11.3 Å². The first-order chi connectivity index (χ1) is 7.86. The molecule has 86 valence electrons. The third-order valence-corrected chi connectivity index (χ3v) is 2.83. The second-order valence-corrected chi connectivity index (χ2v) is 3.93. The molecule has 0 bridgehead atoms. The van der Waals surface area contributed by atoms with Crippen molar-refractivity contribution in [2.24, 2.45) is 7.05 Å². The van der Waals surface area contributed by atoms with Gasteiger partial charge in [-0.3, -0.25) is 0 Å². The van der Waals surface area contributed by atoms with Crippen molar-refractivity contribution in [1.29, 1.82) is 0 Å². The SMILES string of the molecule is Cn1c[n+]2ccccc2c1-c1ccccc1.[I-]. The zero-order valence-electron chi connectivity index (χ0n) is 9.55. The van der Waals surface area contributed by atoms with E-state index < -0.39 is 0 Å². The average molecular weight is 336 g/mol. The Balaban J connectivity index is 0.00000108. The van der Waals surface area contributed by atoms with Gasteiger partial charge in [-0.1, -0.05) is 36.4 Å². The summed E-state index contributed by atoms with van der Waals surface area (Å²) in [7, 11) is 2.08. The summed E-state index contributed by atoms with van der Waals surface area (Å²) < 4.78 is 4.30. The molecule has 0 atom stereocenters. The number of pyridine rings is 1. The highest BCUT2D eigenvalue weighted by molar-refractivity contribution is 5.74. The standard InChI is InChI=1S/C14H13N2.HI/c1-15-11-16-10-6-5-9-13(16)14(15)12-7-3-2-4-8-12;/h2-11H,1H3;1H/q+1;/p-1. The van der Waals surface area contributed by atoms with Crippen molar-refractivity contribution in [1.82, 2.24) is 4.57 Å². The Bertz CT molecular complexity index is 629. The van der Waals surface area contributed by atoms with Crippen LogP contribution in [0.5, 0.6) is 0 Å². The number of nitrogens with zero attached hydrogens (tertiary/aromatic N) is 2. The van der Waals surface area contributed by atoms with Gasteiger partial charge in [0.05, 0.1) is 13.2 Å². The van der Waals surface area contributed by atoms with Crippen LogP contribution in [0, 0.1) is 0 Å². The molecule has 0 saturated heterocycles. The Kier molecular flexibility index (Phi) is 3.47. The molecule has 0 radical (unpaired) electrons. The van der Waals surface area contributed by atoms with Gasteiger partial charge in [0.1, 0.15) is 0 Å². The lowest BCUT2D eigenvalue weighted by molar-refractivity contribution is -0.512. The van der Waals surface area contributed by atoms with E-state index in [0.29, 0.717) is 0 Å². The number of aromatic nitrogens is 2. The third-order valence-electron chi connectivity index (χ3n) is 2.83. The predicted octanol–water partition coefficient (Wildman–Crippen LogP) is -0.565. The maximum Gasteiger partial charge on any atom is 0.249 e. The minimum Gasteiger partial charge on any atom is -1.00 e. The topological polar surface area (TPSA) is 9.03 Å². The Morgan fingerprint density at radius 1 is 0.941 bits per heavy atom. The normalized spacial score (nSPS) is 10.2. The van der Waals surface area contributed by atoms with E-state index in [9.17, 15) is 0 Å². The molecule has 0 fully saturated rings. The van der Waals surface area contributed by atoms with Crippen LogP contribution in [0.25, 0.3) is 16.8 Å². The molecule has 0 unspecified atom stereocenters. The molecule has 0 saturated carbocycles. The predicted molar refractivity (Wildman–Crippen MR) is 64.0 cm³/mol. The molecule has 2 aromatic heterocycles.